The quantitative estimate of drug-likeness (QED) is 0.197. The molecule has 11 rings (SSSR count). The van der Waals surface area contributed by atoms with Gasteiger partial charge in [0.05, 0.1) is 12.2 Å². The second-order valence-corrected chi connectivity index (χ2v) is 19.8. The molecule has 4 aliphatic carbocycles. The third-order valence-electron chi connectivity index (χ3n) is 16.1. The number of para-hydroxylation sites is 1. The summed E-state index contributed by atoms with van der Waals surface area (Å²) in [5.74, 6) is 0.478. The molecule has 302 valence electrons. The maximum atomic E-state index is 13.1. The minimum absolute atomic E-state index is 0.0806. The number of hydrogen-bond acceptors (Lipinski definition) is 5. The summed E-state index contributed by atoms with van der Waals surface area (Å²) in [6.45, 7) is 0.962. The number of thioether (sulfide) groups is 1. The molecule has 4 aromatic rings. The number of nitrogens with one attached hydrogen (secondary N) is 1. The maximum absolute atomic E-state index is 13.1. The Bertz CT molecular complexity index is 2190. The Labute approximate surface area is 345 Å². The van der Waals surface area contributed by atoms with Crippen LogP contribution in [0.1, 0.15) is 130 Å². The molecule has 0 bridgehead atoms. The topological polar surface area (TPSA) is 35.6 Å². The predicted octanol–water partition coefficient (Wildman–Crippen LogP) is 12.9. The van der Waals surface area contributed by atoms with E-state index in [1.54, 1.807) is 17.7 Å². The molecule has 6 atom stereocenters. The van der Waals surface area contributed by atoms with Crippen molar-refractivity contribution in [2.75, 3.05) is 16.5 Å². The zero-order valence-electron chi connectivity index (χ0n) is 33.3. The Balaban J connectivity index is 0.952. The molecular weight excluding hydrogens is 748 g/mol. The van der Waals surface area contributed by atoms with Crippen LogP contribution >= 0.6 is 11.8 Å². The van der Waals surface area contributed by atoms with E-state index in [2.05, 4.69) is 93.6 Å². The second kappa shape index (κ2) is 14.2. The maximum Gasteiger partial charge on any atom is 0.454 e. The average molecular weight is 802 g/mol. The van der Waals surface area contributed by atoms with Gasteiger partial charge in [-0.2, -0.15) is 13.2 Å². The van der Waals surface area contributed by atoms with Gasteiger partial charge in [0, 0.05) is 50.3 Å². The van der Waals surface area contributed by atoms with Crippen molar-refractivity contribution in [1.29, 1.82) is 0 Å². The van der Waals surface area contributed by atoms with E-state index >= 15 is 0 Å². The van der Waals surface area contributed by atoms with E-state index in [0.717, 1.165) is 23.7 Å². The predicted molar refractivity (Wildman–Crippen MR) is 228 cm³/mol. The number of halogens is 3. The van der Waals surface area contributed by atoms with Gasteiger partial charge in [-0.05, 0) is 128 Å². The van der Waals surface area contributed by atoms with E-state index in [9.17, 15) is 18.0 Å². The normalized spacial score (nSPS) is 30.8. The number of anilines is 3. The Hall–Kier alpha value is -3.75. The molecule has 58 heavy (non-hydrogen) atoms. The smallest absolute Gasteiger partial charge is 0.354 e. The molecule has 0 aromatic heterocycles. The highest BCUT2D eigenvalue weighted by molar-refractivity contribution is 8.00. The van der Waals surface area contributed by atoms with Gasteiger partial charge in [0.25, 0.3) is 5.78 Å². The van der Waals surface area contributed by atoms with Crippen molar-refractivity contribution in [2.45, 2.75) is 142 Å². The monoisotopic (exact) mass is 801 g/mol. The van der Waals surface area contributed by atoms with Crippen molar-refractivity contribution >= 4 is 34.6 Å². The van der Waals surface area contributed by atoms with Crippen LogP contribution in [0.2, 0.25) is 0 Å². The van der Waals surface area contributed by atoms with Crippen LogP contribution in [-0.4, -0.2) is 41.0 Å². The first-order valence-electron chi connectivity index (χ1n) is 22.3. The van der Waals surface area contributed by atoms with Crippen LogP contribution in [0, 0.1) is 11.8 Å². The van der Waals surface area contributed by atoms with Gasteiger partial charge >= 0.3 is 6.18 Å². The molecule has 3 aliphatic heterocycles. The standard InChI is InChI=1S/C50H54F3N3OS/c51-50(52,53)46(57)34-19-17-32(18-20-34)33-21-23-37(24-22-33)56-43-15-7-6-14-40(43)42-27-26-39-41-30-38(25-28-44(41)58-47(39)49(42,56)36-12-4-5-13-36)55-31-54-48(29-9-8-16-45(48)55)35-10-2-1-3-11-35/h6-7,14-15,17-25,28,30,35-36,39,42,45,47,54H,1-5,8-13,16,26-27,29,31H2. The number of carbonyl (C=O) groups is 1. The SMILES string of the molecule is O=C(c1ccc(-c2ccc(N3c4ccccc4C4CCC5c6cc(N7CNC8(C9CCCCC9)CCCCC78)ccc6SC5C43C3CCCC3)cc2)cc1)C(F)(F)F. The summed E-state index contributed by atoms with van der Waals surface area (Å²) in [5, 5.41) is 4.62. The summed E-state index contributed by atoms with van der Waals surface area (Å²) in [5.41, 5.74) is 8.57. The van der Waals surface area contributed by atoms with Crippen molar-refractivity contribution in [2.24, 2.45) is 11.8 Å². The molecule has 8 heteroatoms. The lowest BCUT2D eigenvalue weighted by atomic mass is 9.60. The lowest BCUT2D eigenvalue weighted by Gasteiger charge is -2.56. The van der Waals surface area contributed by atoms with E-state index in [1.807, 2.05) is 0 Å². The number of Topliss-reactive ketones (excluding diaryl/α,β-unsaturated/α-hetero) is 1. The number of nitrogens with zero attached hydrogens (tertiary/aromatic N) is 2. The molecular formula is C50H54F3N3OS. The molecule has 4 nitrogen and oxygen atoms in total. The lowest BCUT2D eigenvalue weighted by molar-refractivity contribution is -0.0885. The molecule has 1 saturated heterocycles. The van der Waals surface area contributed by atoms with Crippen LogP contribution in [0.4, 0.5) is 30.2 Å². The fraction of sp³-hybridized carbons (Fsp3) is 0.500. The summed E-state index contributed by atoms with van der Waals surface area (Å²) in [6, 6.07) is 31.9. The van der Waals surface area contributed by atoms with E-state index in [0.29, 0.717) is 29.0 Å². The van der Waals surface area contributed by atoms with E-state index < -0.39 is 12.0 Å². The van der Waals surface area contributed by atoms with Crippen molar-refractivity contribution in [3.63, 3.8) is 0 Å². The van der Waals surface area contributed by atoms with E-state index in [1.165, 1.54) is 136 Å². The highest BCUT2D eigenvalue weighted by Gasteiger charge is 2.65. The zero-order valence-corrected chi connectivity index (χ0v) is 34.1. The van der Waals surface area contributed by atoms with E-state index in [-0.39, 0.29) is 16.6 Å². The van der Waals surface area contributed by atoms with Crippen molar-refractivity contribution < 1.29 is 18.0 Å². The summed E-state index contributed by atoms with van der Waals surface area (Å²) in [4.78, 5) is 18.9. The van der Waals surface area contributed by atoms with Crippen LogP contribution in [0.15, 0.2) is 95.9 Å². The third-order valence-corrected chi connectivity index (χ3v) is 17.7. The Kier molecular flexibility index (Phi) is 9.11. The molecule has 0 amide bonds. The molecule has 1 N–H and O–H groups in total. The van der Waals surface area contributed by atoms with Crippen molar-refractivity contribution in [3.8, 4) is 11.1 Å². The second-order valence-electron chi connectivity index (χ2n) is 18.7. The number of ketones is 1. The highest BCUT2D eigenvalue weighted by atomic mass is 32.2. The highest BCUT2D eigenvalue weighted by Crippen LogP contribution is 2.70. The number of alkyl halides is 3. The summed E-state index contributed by atoms with van der Waals surface area (Å²) >= 11 is 2.17. The minimum Gasteiger partial charge on any atom is -0.354 e. The fourth-order valence-corrected chi connectivity index (χ4v) is 15.6. The molecule has 6 unspecified atom stereocenters. The molecule has 0 radical (unpaired) electrons. The van der Waals surface area contributed by atoms with Gasteiger partial charge in [0.2, 0.25) is 0 Å². The first-order chi connectivity index (χ1) is 28.3. The van der Waals surface area contributed by atoms with Gasteiger partial charge in [-0.15, -0.1) is 11.8 Å². The van der Waals surface area contributed by atoms with Gasteiger partial charge in [-0.3, -0.25) is 10.1 Å². The van der Waals surface area contributed by atoms with Gasteiger partial charge in [-0.25, -0.2) is 0 Å². The van der Waals surface area contributed by atoms with E-state index in [4.69, 9.17) is 0 Å². The van der Waals surface area contributed by atoms with Crippen molar-refractivity contribution in [3.05, 3.63) is 108 Å². The molecule has 4 aromatic carbocycles. The third kappa shape index (κ3) is 5.62. The molecule has 7 aliphatic rings. The lowest BCUT2D eigenvalue weighted by Crippen LogP contribution is -2.61. The summed E-state index contributed by atoms with van der Waals surface area (Å²) in [7, 11) is 0. The molecule has 0 spiro atoms. The van der Waals surface area contributed by atoms with Crippen molar-refractivity contribution in [1.82, 2.24) is 5.32 Å². The van der Waals surface area contributed by atoms with Gasteiger partial charge < -0.3 is 9.80 Å². The fourth-order valence-electron chi connectivity index (χ4n) is 13.8. The number of fused-ring (bicyclic) bond motifs is 8. The van der Waals surface area contributed by atoms with Crippen LogP contribution in [0.25, 0.3) is 11.1 Å². The Morgan fingerprint density at radius 1 is 0.690 bits per heavy atom. The molecule has 3 heterocycles. The molecule has 4 saturated carbocycles. The number of carbonyl (C=O) groups excluding carboxylic acids is 1. The first-order valence-corrected chi connectivity index (χ1v) is 23.2. The molecule has 5 fully saturated rings. The van der Waals surface area contributed by atoms with Gasteiger partial charge in [0.15, 0.2) is 0 Å². The summed E-state index contributed by atoms with van der Waals surface area (Å²) in [6.07, 6.45) is 14.8. The van der Waals surface area contributed by atoms with Crippen LogP contribution in [-0.2, 0) is 0 Å². The Morgan fingerprint density at radius 2 is 1.36 bits per heavy atom. The largest absolute Gasteiger partial charge is 0.454 e. The van der Waals surface area contributed by atoms with Gasteiger partial charge in [0.1, 0.15) is 0 Å². The average Bonchev–Trinajstić information content (AvgIpc) is 4.07. The zero-order chi connectivity index (χ0) is 39.2. The first kappa shape index (κ1) is 37.3. The minimum atomic E-state index is -4.89. The number of rotatable bonds is 6. The summed E-state index contributed by atoms with van der Waals surface area (Å²) < 4.78 is 39.4. The van der Waals surface area contributed by atoms with Gasteiger partial charge in [-0.1, -0.05) is 99.5 Å². The Morgan fingerprint density at radius 3 is 2.12 bits per heavy atom. The van der Waals surface area contributed by atoms with Crippen LogP contribution < -0.4 is 15.1 Å². The number of hydrogen-bond donors (Lipinski definition) is 1. The van der Waals surface area contributed by atoms with Crippen LogP contribution in [0.3, 0.4) is 0 Å². The number of benzene rings is 4. The van der Waals surface area contributed by atoms with Crippen LogP contribution in [0.5, 0.6) is 0 Å².